The molecule has 25 heavy (non-hydrogen) atoms. The van der Waals surface area contributed by atoms with Gasteiger partial charge in [0.2, 0.25) is 0 Å². The van der Waals surface area contributed by atoms with Gasteiger partial charge in [-0.15, -0.1) is 10.2 Å². The Morgan fingerprint density at radius 1 is 1.12 bits per heavy atom. The maximum atomic E-state index is 11.7. The fourth-order valence-corrected chi connectivity index (χ4v) is 3.06. The van der Waals surface area contributed by atoms with Crippen LogP contribution in [-0.4, -0.2) is 25.9 Å². The highest BCUT2D eigenvalue weighted by Crippen LogP contribution is 2.32. The fraction of sp³-hybridized carbons (Fsp3) is 0.111. The van der Waals surface area contributed by atoms with Crippen LogP contribution in [0, 0.1) is 6.92 Å². The van der Waals surface area contributed by atoms with Crippen molar-refractivity contribution in [2.45, 2.75) is 6.92 Å². The minimum Gasteiger partial charge on any atom is -0.289 e. The van der Waals surface area contributed by atoms with Gasteiger partial charge in [-0.2, -0.15) is 5.10 Å². The summed E-state index contributed by atoms with van der Waals surface area (Å²) in [4.78, 5) is 11.7. The van der Waals surface area contributed by atoms with Crippen molar-refractivity contribution in [2.75, 3.05) is 0 Å². The third-order valence-electron chi connectivity index (χ3n) is 4.24. The molecule has 4 rings (SSSR count). The zero-order valence-electron chi connectivity index (χ0n) is 13.8. The summed E-state index contributed by atoms with van der Waals surface area (Å²) in [6, 6.07) is 11.8. The fourth-order valence-electron chi connectivity index (χ4n) is 3.06. The molecule has 7 heteroatoms. The van der Waals surface area contributed by atoms with Crippen LogP contribution in [0.5, 0.6) is 0 Å². The molecule has 0 unspecified atom stereocenters. The molecule has 0 radical (unpaired) electrons. The van der Waals surface area contributed by atoms with Crippen LogP contribution < -0.4 is 11.3 Å². The number of nitrogen functional groups attached to an aromatic ring is 1. The lowest BCUT2D eigenvalue weighted by molar-refractivity contribution is 0.0948. The second-order valence-corrected chi connectivity index (χ2v) is 5.97. The Hall–Kier alpha value is -3.32. The smallest absolute Gasteiger partial charge is 0.285 e. The van der Waals surface area contributed by atoms with E-state index in [0.717, 1.165) is 38.5 Å². The molecule has 0 aliphatic heterocycles. The van der Waals surface area contributed by atoms with E-state index in [-0.39, 0.29) is 5.69 Å². The zero-order valence-corrected chi connectivity index (χ0v) is 13.8. The number of nitrogens with one attached hydrogen (secondary N) is 1. The van der Waals surface area contributed by atoms with Crippen LogP contribution in [-0.2, 0) is 7.05 Å². The van der Waals surface area contributed by atoms with Gasteiger partial charge in [-0.3, -0.25) is 14.9 Å². The molecule has 0 fully saturated rings. The number of aromatic nitrogens is 4. The van der Waals surface area contributed by atoms with Gasteiger partial charge in [0.15, 0.2) is 5.69 Å². The number of hydrazine groups is 1. The predicted molar refractivity (Wildman–Crippen MR) is 95.6 cm³/mol. The Morgan fingerprint density at radius 2 is 1.92 bits per heavy atom. The highest BCUT2D eigenvalue weighted by Gasteiger charge is 2.14. The van der Waals surface area contributed by atoms with Gasteiger partial charge >= 0.3 is 0 Å². The number of hydrogen-bond acceptors (Lipinski definition) is 5. The van der Waals surface area contributed by atoms with Gasteiger partial charge < -0.3 is 0 Å². The summed E-state index contributed by atoms with van der Waals surface area (Å²) in [6.07, 6.45) is 1.98. The molecular formula is C18H16N6O. The van der Waals surface area contributed by atoms with E-state index >= 15 is 0 Å². The zero-order chi connectivity index (χ0) is 17.6. The largest absolute Gasteiger partial charge is 0.289 e. The van der Waals surface area contributed by atoms with Crippen molar-refractivity contribution in [3.63, 3.8) is 0 Å². The first-order chi connectivity index (χ1) is 12.1. The average Bonchev–Trinajstić information content (AvgIpc) is 2.99. The van der Waals surface area contributed by atoms with E-state index in [0.29, 0.717) is 0 Å². The van der Waals surface area contributed by atoms with Crippen LogP contribution >= 0.6 is 0 Å². The Morgan fingerprint density at radius 3 is 2.72 bits per heavy atom. The van der Waals surface area contributed by atoms with E-state index in [2.05, 4.69) is 20.7 Å². The summed E-state index contributed by atoms with van der Waals surface area (Å²) in [5.74, 6) is 4.71. The van der Waals surface area contributed by atoms with Crippen molar-refractivity contribution in [3.05, 3.63) is 53.9 Å². The van der Waals surface area contributed by atoms with Gasteiger partial charge in [0, 0.05) is 29.6 Å². The molecule has 2 heterocycles. The standard InChI is InChI=1S/C18H16N6O/c1-10-3-4-12-8-15(18(25)20-19)21-22-17(12)16(10)11-5-6-13-9-24(2)23-14(13)7-11/h3-9H,19H2,1-2H3,(H,20,25). The van der Waals surface area contributed by atoms with Crippen LogP contribution in [0.3, 0.4) is 0 Å². The molecule has 3 N–H and O–H groups in total. The van der Waals surface area contributed by atoms with E-state index < -0.39 is 5.91 Å². The molecular weight excluding hydrogens is 316 g/mol. The molecule has 1 amide bonds. The lowest BCUT2D eigenvalue weighted by atomic mass is 9.96. The van der Waals surface area contributed by atoms with Crippen LogP contribution in [0.1, 0.15) is 16.1 Å². The van der Waals surface area contributed by atoms with Crippen molar-refractivity contribution in [1.29, 1.82) is 0 Å². The Labute approximate surface area is 143 Å². The molecule has 0 bridgehead atoms. The predicted octanol–water partition coefficient (Wildman–Crippen LogP) is 2.10. The summed E-state index contributed by atoms with van der Waals surface area (Å²) < 4.78 is 1.79. The van der Waals surface area contributed by atoms with Crippen LogP contribution in [0.25, 0.3) is 32.9 Å². The third kappa shape index (κ3) is 2.50. The van der Waals surface area contributed by atoms with Crippen molar-refractivity contribution in [2.24, 2.45) is 12.9 Å². The van der Waals surface area contributed by atoms with E-state index in [9.17, 15) is 4.79 Å². The van der Waals surface area contributed by atoms with Gasteiger partial charge in [0.05, 0.1) is 5.52 Å². The maximum Gasteiger partial charge on any atom is 0.285 e. The number of amides is 1. The lowest BCUT2D eigenvalue weighted by Gasteiger charge is -2.10. The van der Waals surface area contributed by atoms with E-state index in [1.54, 1.807) is 10.7 Å². The van der Waals surface area contributed by atoms with Crippen LogP contribution in [0.15, 0.2) is 42.6 Å². The van der Waals surface area contributed by atoms with Gasteiger partial charge in [0.25, 0.3) is 5.91 Å². The molecule has 2 aromatic carbocycles. The van der Waals surface area contributed by atoms with Crippen molar-refractivity contribution >= 4 is 27.7 Å². The molecule has 0 saturated heterocycles. The van der Waals surface area contributed by atoms with E-state index in [1.807, 2.05) is 50.5 Å². The first-order valence-electron chi connectivity index (χ1n) is 7.78. The topological polar surface area (TPSA) is 98.7 Å². The van der Waals surface area contributed by atoms with E-state index in [4.69, 9.17) is 5.84 Å². The molecule has 2 aromatic heterocycles. The second kappa shape index (κ2) is 5.64. The summed E-state index contributed by atoms with van der Waals surface area (Å²) in [6.45, 7) is 2.03. The van der Waals surface area contributed by atoms with Crippen LogP contribution in [0.2, 0.25) is 0 Å². The lowest BCUT2D eigenvalue weighted by Crippen LogP contribution is -2.30. The highest BCUT2D eigenvalue weighted by molar-refractivity contribution is 6.00. The Kier molecular flexibility index (Phi) is 3.43. The average molecular weight is 332 g/mol. The number of hydrogen-bond donors (Lipinski definition) is 2. The Bertz CT molecular complexity index is 1130. The van der Waals surface area contributed by atoms with Crippen molar-refractivity contribution in [3.8, 4) is 11.1 Å². The van der Waals surface area contributed by atoms with Gasteiger partial charge in [0.1, 0.15) is 5.52 Å². The quantitative estimate of drug-likeness (QED) is 0.333. The van der Waals surface area contributed by atoms with Crippen molar-refractivity contribution < 1.29 is 4.79 Å². The molecule has 0 spiro atoms. The summed E-state index contributed by atoms with van der Waals surface area (Å²) in [5, 5.41) is 14.7. The number of fused-ring (bicyclic) bond motifs is 2. The summed E-state index contributed by atoms with van der Waals surface area (Å²) in [5.41, 5.74) is 6.99. The second-order valence-electron chi connectivity index (χ2n) is 5.97. The van der Waals surface area contributed by atoms with Gasteiger partial charge in [-0.25, -0.2) is 5.84 Å². The number of carbonyl (C=O) groups is 1. The molecule has 0 aliphatic rings. The number of nitrogens with two attached hydrogens (primary N) is 1. The monoisotopic (exact) mass is 332 g/mol. The number of benzene rings is 2. The molecule has 7 nitrogen and oxygen atoms in total. The number of nitrogens with zero attached hydrogens (tertiary/aromatic N) is 4. The molecule has 0 saturated carbocycles. The normalized spacial score (nSPS) is 11.2. The molecule has 0 atom stereocenters. The number of carbonyl (C=O) groups excluding carboxylic acids is 1. The van der Waals surface area contributed by atoms with Gasteiger partial charge in [-0.1, -0.05) is 24.3 Å². The third-order valence-corrected chi connectivity index (χ3v) is 4.24. The van der Waals surface area contributed by atoms with Gasteiger partial charge in [-0.05, 0) is 30.2 Å². The van der Waals surface area contributed by atoms with Crippen molar-refractivity contribution in [1.82, 2.24) is 25.4 Å². The highest BCUT2D eigenvalue weighted by atomic mass is 16.2. The number of rotatable bonds is 2. The van der Waals surface area contributed by atoms with Crippen LogP contribution in [0.4, 0.5) is 0 Å². The molecule has 124 valence electrons. The number of aryl methyl sites for hydroxylation is 2. The minimum atomic E-state index is -0.466. The summed E-state index contributed by atoms with van der Waals surface area (Å²) >= 11 is 0. The molecule has 0 aliphatic carbocycles. The summed E-state index contributed by atoms with van der Waals surface area (Å²) in [7, 11) is 1.90. The van der Waals surface area contributed by atoms with E-state index in [1.165, 1.54) is 0 Å². The first kappa shape index (κ1) is 15.2. The SMILES string of the molecule is Cc1ccc2cc(C(=O)NN)nnc2c1-c1ccc2cn(C)nc2c1. The maximum absolute atomic E-state index is 11.7. The minimum absolute atomic E-state index is 0.185. The molecule has 4 aromatic rings. The Balaban J connectivity index is 1.95. The first-order valence-corrected chi connectivity index (χ1v) is 7.78.